The van der Waals surface area contributed by atoms with Crippen LogP contribution < -0.4 is 0 Å². The summed E-state index contributed by atoms with van der Waals surface area (Å²) in [5.41, 5.74) is 0.641. The molecule has 0 nitrogen and oxygen atoms in total. The Morgan fingerprint density at radius 1 is 1.36 bits per heavy atom. The van der Waals surface area contributed by atoms with Crippen molar-refractivity contribution in [1.29, 1.82) is 0 Å². The van der Waals surface area contributed by atoms with Crippen LogP contribution in [0.2, 0.25) is 0 Å². The Morgan fingerprint density at radius 2 is 1.91 bits per heavy atom. The van der Waals surface area contributed by atoms with Crippen LogP contribution in [0, 0.1) is 6.92 Å². The largest absolute Gasteiger partial charge is 0.242 e. The van der Waals surface area contributed by atoms with Crippen molar-refractivity contribution in [2.45, 2.75) is 11.1 Å². The molecule has 0 saturated carbocycles. The highest BCUT2D eigenvalue weighted by molar-refractivity contribution is 7.98. The van der Waals surface area contributed by atoms with E-state index in [2.05, 4.69) is 6.92 Å². The van der Waals surface area contributed by atoms with Gasteiger partial charge in [-0.15, -0.1) is 11.8 Å². The van der Waals surface area contributed by atoms with E-state index in [1.165, 1.54) is 0 Å². The number of alkyl halides is 1. The second kappa shape index (κ2) is 3.77. The smallest absolute Gasteiger partial charge is 0.125 e. The summed E-state index contributed by atoms with van der Waals surface area (Å²) in [6, 6.07) is 7.34. The van der Waals surface area contributed by atoms with Gasteiger partial charge in [0.1, 0.15) is 6.17 Å². The summed E-state index contributed by atoms with van der Waals surface area (Å²) < 4.78 is 12.6. The molecule has 0 aliphatic rings. The van der Waals surface area contributed by atoms with Crippen LogP contribution in [0.3, 0.4) is 0 Å². The van der Waals surface area contributed by atoms with Crippen molar-refractivity contribution >= 4 is 11.8 Å². The molecule has 0 aliphatic carbocycles. The lowest BCUT2D eigenvalue weighted by molar-refractivity contribution is 0.411. The third-order valence-corrected chi connectivity index (χ3v) is 2.22. The highest BCUT2D eigenvalue weighted by Crippen LogP contribution is 2.20. The molecule has 0 spiro atoms. The van der Waals surface area contributed by atoms with Crippen molar-refractivity contribution < 1.29 is 4.39 Å². The molecule has 2 heteroatoms. The van der Waals surface area contributed by atoms with E-state index < -0.39 is 6.17 Å². The minimum absolute atomic E-state index is 0.641. The number of thioether (sulfide) groups is 1. The molecule has 0 aliphatic heterocycles. The van der Waals surface area contributed by atoms with Gasteiger partial charge in [0.25, 0.3) is 0 Å². The first-order valence-electron chi connectivity index (χ1n) is 3.35. The third-order valence-electron chi connectivity index (χ3n) is 1.48. The summed E-state index contributed by atoms with van der Waals surface area (Å²) in [6.07, 6.45) is 0.887. The molecule has 0 N–H and O–H groups in total. The number of hydrogen-bond acceptors (Lipinski definition) is 1. The van der Waals surface area contributed by atoms with Gasteiger partial charge < -0.3 is 0 Å². The quantitative estimate of drug-likeness (QED) is 0.612. The minimum atomic E-state index is -1.11. The molecule has 0 heterocycles. The fourth-order valence-corrected chi connectivity index (χ4v) is 1.22. The van der Waals surface area contributed by atoms with Gasteiger partial charge in [-0.1, -0.05) is 12.1 Å². The fraction of sp³-hybridized carbons (Fsp3) is 0.222. The average Bonchev–Trinajstić information content (AvgIpc) is 2.05. The summed E-state index contributed by atoms with van der Waals surface area (Å²) in [5, 5.41) is 0. The van der Waals surface area contributed by atoms with Crippen molar-refractivity contribution in [3.05, 3.63) is 36.8 Å². The monoisotopic (exact) mass is 169 g/mol. The molecule has 11 heavy (non-hydrogen) atoms. The molecule has 1 aromatic rings. The Kier molecular flexibility index (Phi) is 2.94. The second-order valence-corrected chi connectivity index (χ2v) is 3.12. The van der Waals surface area contributed by atoms with Gasteiger partial charge in [0, 0.05) is 4.90 Å². The van der Waals surface area contributed by atoms with E-state index >= 15 is 0 Å². The molecule has 0 aromatic heterocycles. The summed E-state index contributed by atoms with van der Waals surface area (Å²) >= 11 is 1.65. The predicted molar refractivity (Wildman–Crippen MR) is 47.4 cm³/mol. The zero-order chi connectivity index (χ0) is 8.27. The van der Waals surface area contributed by atoms with Gasteiger partial charge in [-0.3, -0.25) is 0 Å². The molecule has 0 saturated heterocycles. The van der Waals surface area contributed by atoms with Gasteiger partial charge in [-0.05, 0) is 30.9 Å². The first-order chi connectivity index (χ1) is 5.24. The van der Waals surface area contributed by atoms with E-state index in [0.29, 0.717) is 5.56 Å². The molecule has 0 amide bonds. The van der Waals surface area contributed by atoms with E-state index in [1.54, 1.807) is 23.9 Å². The fourth-order valence-electron chi connectivity index (χ4n) is 0.813. The Hall–Kier alpha value is -0.500. The third kappa shape index (κ3) is 2.22. The SMILES string of the molecule is [CH2]C(F)c1ccc(SC)cc1. The van der Waals surface area contributed by atoms with Gasteiger partial charge in [0.05, 0.1) is 0 Å². The predicted octanol–water partition coefficient (Wildman–Crippen LogP) is 3.25. The van der Waals surface area contributed by atoms with Crippen molar-refractivity contribution in [3.63, 3.8) is 0 Å². The first kappa shape index (κ1) is 8.60. The number of benzene rings is 1. The van der Waals surface area contributed by atoms with Crippen molar-refractivity contribution in [3.8, 4) is 0 Å². The van der Waals surface area contributed by atoms with Gasteiger partial charge in [-0.2, -0.15) is 0 Å². The molecule has 1 radical (unpaired) electrons. The lowest BCUT2D eigenvalue weighted by atomic mass is 10.1. The van der Waals surface area contributed by atoms with Gasteiger partial charge in [0.2, 0.25) is 0 Å². The molecular formula is C9H10FS. The van der Waals surface area contributed by atoms with E-state index in [-0.39, 0.29) is 0 Å². The van der Waals surface area contributed by atoms with Crippen LogP contribution in [0.1, 0.15) is 11.7 Å². The van der Waals surface area contributed by atoms with Gasteiger partial charge >= 0.3 is 0 Å². The summed E-state index contributed by atoms with van der Waals surface area (Å²) in [5.74, 6) is 0. The molecular weight excluding hydrogens is 159 g/mol. The molecule has 1 rings (SSSR count). The Balaban J connectivity index is 2.83. The number of rotatable bonds is 2. The molecule has 0 fully saturated rings. The van der Waals surface area contributed by atoms with Crippen molar-refractivity contribution in [2.75, 3.05) is 6.26 Å². The van der Waals surface area contributed by atoms with Gasteiger partial charge in [-0.25, -0.2) is 4.39 Å². The second-order valence-electron chi connectivity index (χ2n) is 2.24. The van der Waals surface area contributed by atoms with Crippen molar-refractivity contribution in [2.24, 2.45) is 0 Å². The Morgan fingerprint density at radius 3 is 2.27 bits per heavy atom. The summed E-state index contributed by atoms with van der Waals surface area (Å²) in [6.45, 7) is 3.29. The highest BCUT2D eigenvalue weighted by Gasteiger charge is 2.00. The Labute approximate surface area is 70.8 Å². The lowest BCUT2D eigenvalue weighted by Gasteiger charge is -2.01. The van der Waals surface area contributed by atoms with E-state index in [9.17, 15) is 4.39 Å². The molecule has 1 unspecified atom stereocenters. The van der Waals surface area contributed by atoms with E-state index in [4.69, 9.17) is 0 Å². The lowest BCUT2D eigenvalue weighted by Crippen LogP contribution is -1.83. The van der Waals surface area contributed by atoms with Crippen LogP contribution in [-0.4, -0.2) is 6.26 Å². The maximum atomic E-state index is 12.6. The summed E-state index contributed by atoms with van der Waals surface area (Å²) in [4.78, 5) is 1.15. The highest BCUT2D eigenvalue weighted by atomic mass is 32.2. The van der Waals surface area contributed by atoms with Crippen LogP contribution in [0.15, 0.2) is 29.2 Å². The summed E-state index contributed by atoms with van der Waals surface area (Å²) in [7, 11) is 0. The van der Waals surface area contributed by atoms with E-state index in [0.717, 1.165) is 4.90 Å². The van der Waals surface area contributed by atoms with Gasteiger partial charge in [0.15, 0.2) is 0 Å². The van der Waals surface area contributed by atoms with Crippen LogP contribution in [-0.2, 0) is 0 Å². The molecule has 1 aromatic carbocycles. The maximum absolute atomic E-state index is 12.6. The topological polar surface area (TPSA) is 0 Å². The zero-order valence-corrected chi connectivity index (χ0v) is 7.20. The molecule has 1 atom stereocenters. The van der Waals surface area contributed by atoms with Crippen LogP contribution >= 0.6 is 11.8 Å². The Bertz CT molecular complexity index is 216. The van der Waals surface area contributed by atoms with Crippen LogP contribution in [0.4, 0.5) is 4.39 Å². The number of halogens is 1. The molecule has 59 valence electrons. The number of hydrogen-bond donors (Lipinski definition) is 0. The maximum Gasteiger partial charge on any atom is 0.125 e. The van der Waals surface area contributed by atoms with E-state index in [1.807, 2.05) is 18.4 Å². The first-order valence-corrected chi connectivity index (χ1v) is 4.57. The standard InChI is InChI=1S/C9H10FS/c1-7(10)8-3-5-9(11-2)6-4-8/h3-7H,1H2,2H3. The normalized spacial score (nSPS) is 13.0. The van der Waals surface area contributed by atoms with Crippen molar-refractivity contribution in [1.82, 2.24) is 0 Å². The van der Waals surface area contributed by atoms with Crippen LogP contribution in [0.25, 0.3) is 0 Å². The minimum Gasteiger partial charge on any atom is -0.242 e. The van der Waals surface area contributed by atoms with Crippen LogP contribution in [0.5, 0.6) is 0 Å². The average molecular weight is 169 g/mol. The zero-order valence-electron chi connectivity index (χ0n) is 6.38. The molecule has 0 bridgehead atoms.